The first kappa shape index (κ1) is 18.9. The molecule has 2 amide bonds. The number of pyridine rings is 1. The van der Waals surface area contributed by atoms with Gasteiger partial charge in [-0.05, 0) is 38.3 Å². The number of nitrogens with zero attached hydrogens (tertiary/aromatic N) is 4. The topological polar surface area (TPSA) is 65.9 Å². The minimum Gasteiger partial charge on any atom is -0.342 e. The fraction of sp³-hybridized carbons (Fsp3) is 0.682. The monoisotopic (exact) mass is 398 g/mol. The van der Waals surface area contributed by atoms with E-state index < -0.39 is 6.04 Å². The molecule has 4 aliphatic heterocycles. The van der Waals surface area contributed by atoms with E-state index in [1.54, 1.807) is 23.6 Å². The molecule has 0 aliphatic carbocycles. The molecule has 3 fully saturated rings. The molecule has 0 saturated carbocycles. The minimum absolute atomic E-state index is 0.000634. The van der Waals surface area contributed by atoms with Crippen LogP contribution in [-0.2, 0) is 9.59 Å². The molecule has 4 aliphatic rings. The van der Waals surface area contributed by atoms with Crippen molar-refractivity contribution in [3.63, 3.8) is 0 Å². The van der Waals surface area contributed by atoms with E-state index in [0.717, 1.165) is 51.1 Å². The van der Waals surface area contributed by atoms with Crippen LogP contribution in [0.1, 0.15) is 50.3 Å². The van der Waals surface area contributed by atoms with E-state index in [1.165, 1.54) is 6.42 Å². The maximum absolute atomic E-state index is 13.8. The van der Waals surface area contributed by atoms with Crippen LogP contribution in [0.15, 0.2) is 23.0 Å². The number of carbonyl (C=O) groups excluding carboxylic acids is 2. The Labute approximate surface area is 171 Å². The van der Waals surface area contributed by atoms with Gasteiger partial charge in [0.25, 0.3) is 5.56 Å². The molecule has 3 saturated heterocycles. The number of rotatable bonds is 1. The summed E-state index contributed by atoms with van der Waals surface area (Å²) >= 11 is 0. The third kappa shape index (κ3) is 3.19. The minimum atomic E-state index is -0.495. The molecule has 0 spiro atoms. The molecule has 7 heteroatoms. The molecule has 2 bridgehead atoms. The fourth-order valence-electron chi connectivity index (χ4n) is 6.10. The van der Waals surface area contributed by atoms with E-state index >= 15 is 0 Å². The van der Waals surface area contributed by atoms with Gasteiger partial charge < -0.3 is 9.80 Å². The molecule has 0 unspecified atom stereocenters. The van der Waals surface area contributed by atoms with Crippen molar-refractivity contribution in [2.24, 2.45) is 5.92 Å². The number of hydrogen-bond acceptors (Lipinski definition) is 4. The first-order valence-corrected chi connectivity index (χ1v) is 11.0. The molecule has 5 heterocycles. The molecule has 0 radical (unpaired) electrons. The van der Waals surface area contributed by atoms with Gasteiger partial charge in [0, 0.05) is 69.3 Å². The lowest BCUT2D eigenvalue weighted by molar-refractivity contribution is -0.141. The number of fused-ring (bicyclic) bond motifs is 5. The first-order chi connectivity index (χ1) is 14.0. The highest BCUT2D eigenvalue weighted by Gasteiger charge is 2.46. The number of hydrogen-bond donors (Lipinski definition) is 0. The van der Waals surface area contributed by atoms with Crippen LogP contribution < -0.4 is 5.56 Å². The quantitative estimate of drug-likeness (QED) is 0.709. The van der Waals surface area contributed by atoms with E-state index in [4.69, 9.17) is 0 Å². The third-order valence-electron chi connectivity index (χ3n) is 7.46. The van der Waals surface area contributed by atoms with Gasteiger partial charge in [-0.3, -0.25) is 23.9 Å². The number of carbonyl (C=O) groups is 2. The lowest BCUT2D eigenvalue weighted by Gasteiger charge is -2.47. The zero-order valence-corrected chi connectivity index (χ0v) is 17.1. The zero-order chi connectivity index (χ0) is 20.1. The highest BCUT2D eigenvalue weighted by atomic mass is 16.2. The average Bonchev–Trinajstić information content (AvgIpc) is 3.05. The fourth-order valence-corrected chi connectivity index (χ4v) is 6.10. The van der Waals surface area contributed by atoms with Gasteiger partial charge in [0.1, 0.15) is 6.04 Å². The summed E-state index contributed by atoms with van der Waals surface area (Å²) < 4.78 is 1.76. The standard InChI is InChI=1S/C22H30N4O3/c1-15(27)25-12-16-11-17(13-25)21(26-19(16)6-2-7-20(26)28)22(29)24-10-4-9-23-8-3-5-18(23)14-24/h2,6-7,16-18,21H,3-5,8-14H2,1H3/t16-,17+,18+,21-/m1/s1. The SMILES string of the molecule is CC(=O)N1C[C@H]2C[C@@H](C1)[C@H](C(=O)N1CCCN3CCC[C@H]3C1)n1c2cccc1=O. The molecule has 156 valence electrons. The van der Waals surface area contributed by atoms with Gasteiger partial charge >= 0.3 is 0 Å². The normalized spacial score (nSPS) is 31.8. The van der Waals surface area contributed by atoms with E-state index in [1.807, 2.05) is 15.9 Å². The van der Waals surface area contributed by atoms with Crippen molar-refractivity contribution in [2.75, 3.05) is 39.3 Å². The van der Waals surface area contributed by atoms with Gasteiger partial charge in [0.05, 0.1) is 0 Å². The second kappa shape index (κ2) is 7.27. The van der Waals surface area contributed by atoms with Crippen molar-refractivity contribution >= 4 is 11.8 Å². The number of piperidine rings is 1. The molecule has 0 N–H and O–H groups in total. The summed E-state index contributed by atoms with van der Waals surface area (Å²) in [6.07, 6.45) is 4.20. The van der Waals surface area contributed by atoms with E-state index in [2.05, 4.69) is 4.90 Å². The van der Waals surface area contributed by atoms with Gasteiger partial charge in [0.15, 0.2) is 0 Å². The Bertz CT molecular complexity index is 881. The largest absolute Gasteiger partial charge is 0.342 e. The lowest BCUT2D eigenvalue weighted by Crippen LogP contribution is -2.55. The highest BCUT2D eigenvalue weighted by molar-refractivity contribution is 5.82. The smallest absolute Gasteiger partial charge is 0.251 e. The van der Waals surface area contributed by atoms with Crippen LogP contribution >= 0.6 is 0 Å². The van der Waals surface area contributed by atoms with Crippen LogP contribution in [0.4, 0.5) is 0 Å². The van der Waals surface area contributed by atoms with Crippen LogP contribution in [0.2, 0.25) is 0 Å². The summed E-state index contributed by atoms with van der Waals surface area (Å²) in [6.45, 7) is 6.50. The Morgan fingerprint density at radius 3 is 2.66 bits per heavy atom. The van der Waals surface area contributed by atoms with Crippen molar-refractivity contribution < 1.29 is 9.59 Å². The Morgan fingerprint density at radius 2 is 1.83 bits per heavy atom. The summed E-state index contributed by atoms with van der Waals surface area (Å²) in [7, 11) is 0. The molecule has 29 heavy (non-hydrogen) atoms. The molecule has 5 rings (SSSR count). The van der Waals surface area contributed by atoms with Crippen molar-refractivity contribution in [1.29, 1.82) is 0 Å². The molecule has 1 aromatic rings. The number of likely N-dealkylation sites (tertiary alicyclic amines) is 1. The van der Waals surface area contributed by atoms with Crippen LogP contribution in [0.5, 0.6) is 0 Å². The first-order valence-electron chi connectivity index (χ1n) is 11.0. The molecule has 1 aromatic heterocycles. The number of aromatic nitrogens is 1. The Balaban J connectivity index is 1.51. The van der Waals surface area contributed by atoms with Crippen molar-refractivity contribution in [3.05, 3.63) is 34.2 Å². The lowest BCUT2D eigenvalue weighted by atomic mass is 9.78. The predicted octanol–water partition coefficient (Wildman–Crippen LogP) is 1.05. The Hall–Kier alpha value is -2.15. The van der Waals surface area contributed by atoms with Gasteiger partial charge in [-0.2, -0.15) is 0 Å². The molecule has 7 nitrogen and oxygen atoms in total. The van der Waals surface area contributed by atoms with Gasteiger partial charge in [-0.1, -0.05) is 6.07 Å². The van der Waals surface area contributed by atoms with E-state index in [-0.39, 0.29) is 29.2 Å². The predicted molar refractivity (Wildman–Crippen MR) is 109 cm³/mol. The molecule has 0 aromatic carbocycles. The van der Waals surface area contributed by atoms with Crippen LogP contribution in [0, 0.1) is 5.92 Å². The van der Waals surface area contributed by atoms with Gasteiger partial charge in [-0.25, -0.2) is 0 Å². The van der Waals surface area contributed by atoms with Crippen molar-refractivity contribution in [2.45, 2.75) is 50.6 Å². The highest BCUT2D eigenvalue weighted by Crippen LogP contribution is 2.42. The van der Waals surface area contributed by atoms with Crippen LogP contribution in [0.25, 0.3) is 0 Å². The third-order valence-corrected chi connectivity index (χ3v) is 7.46. The van der Waals surface area contributed by atoms with Crippen molar-refractivity contribution in [1.82, 2.24) is 19.3 Å². The summed E-state index contributed by atoms with van der Waals surface area (Å²) in [6, 6.07) is 5.27. The second-order valence-corrected chi connectivity index (χ2v) is 9.19. The van der Waals surface area contributed by atoms with Gasteiger partial charge in [-0.15, -0.1) is 0 Å². The average molecular weight is 399 g/mol. The van der Waals surface area contributed by atoms with E-state index in [9.17, 15) is 14.4 Å². The van der Waals surface area contributed by atoms with E-state index in [0.29, 0.717) is 19.1 Å². The summed E-state index contributed by atoms with van der Waals surface area (Å²) in [5, 5.41) is 0. The molecule has 4 atom stereocenters. The summed E-state index contributed by atoms with van der Waals surface area (Å²) in [4.78, 5) is 45.2. The zero-order valence-electron chi connectivity index (χ0n) is 17.1. The van der Waals surface area contributed by atoms with Gasteiger partial charge in [0.2, 0.25) is 11.8 Å². The maximum atomic E-state index is 13.8. The Kier molecular flexibility index (Phi) is 4.73. The summed E-state index contributed by atoms with van der Waals surface area (Å²) in [5.41, 5.74) is 0.819. The Morgan fingerprint density at radius 1 is 1.00 bits per heavy atom. The maximum Gasteiger partial charge on any atom is 0.251 e. The van der Waals surface area contributed by atoms with Crippen molar-refractivity contribution in [3.8, 4) is 0 Å². The second-order valence-electron chi connectivity index (χ2n) is 9.19. The molecular formula is C22H30N4O3. The molecular weight excluding hydrogens is 368 g/mol. The number of amides is 2. The van der Waals surface area contributed by atoms with Crippen LogP contribution in [0.3, 0.4) is 0 Å². The van der Waals surface area contributed by atoms with Crippen LogP contribution in [-0.4, -0.2) is 76.4 Å². The summed E-state index contributed by atoms with van der Waals surface area (Å²) in [5.74, 6) is 0.252.